The molecule has 1 aliphatic heterocycles. The molecule has 4 aliphatic rings. The molecule has 2 heterocycles. The molecule has 3 aliphatic carbocycles. The quantitative estimate of drug-likeness (QED) is 0.170. The molecular weight excluding hydrogens is 489 g/mol. The highest BCUT2D eigenvalue weighted by Crippen LogP contribution is 2.45. The minimum atomic E-state index is -2.29. The molecule has 3 saturated carbocycles. The maximum atomic E-state index is 12.8. The third-order valence-corrected chi connectivity index (χ3v) is 8.52. The largest absolute Gasteiger partial charge is 0.700 e. The van der Waals surface area contributed by atoms with E-state index in [-0.39, 0.29) is 30.4 Å². The summed E-state index contributed by atoms with van der Waals surface area (Å²) in [6, 6.07) is 0.368. The van der Waals surface area contributed by atoms with Gasteiger partial charge in [0.15, 0.2) is 5.82 Å². The number of aromatic amines is 1. The highest BCUT2D eigenvalue weighted by Gasteiger charge is 2.49. The van der Waals surface area contributed by atoms with Gasteiger partial charge in [0.2, 0.25) is 12.7 Å². The topological polar surface area (TPSA) is 149 Å². The van der Waals surface area contributed by atoms with Crippen molar-refractivity contribution in [2.24, 2.45) is 11.8 Å². The summed E-state index contributed by atoms with van der Waals surface area (Å²) in [5, 5.41) is 0. The SMILES string of the molecule is Nc1nc2c(c(=O)[nH]1)N(C1CCCC1)CN2CC1(OCC2CCC(CO[P+](=O)OCOC=O)C2)CC1. The van der Waals surface area contributed by atoms with Crippen molar-refractivity contribution >= 4 is 32.2 Å². The van der Waals surface area contributed by atoms with E-state index in [0.717, 1.165) is 44.9 Å². The zero-order valence-electron chi connectivity index (χ0n) is 20.4. The van der Waals surface area contributed by atoms with Crippen molar-refractivity contribution in [1.82, 2.24) is 9.97 Å². The fraction of sp³-hybridized carbons (Fsp3) is 0.783. The normalized spacial score (nSPS) is 25.3. The van der Waals surface area contributed by atoms with Crippen molar-refractivity contribution in [2.45, 2.75) is 69.4 Å². The molecular formula is C23H35N5O7P+. The second-order valence-electron chi connectivity index (χ2n) is 10.4. The number of nitrogen functional groups attached to an aromatic ring is 1. The molecule has 3 unspecified atom stereocenters. The van der Waals surface area contributed by atoms with Gasteiger partial charge in [-0.25, -0.2) is 0 Å². The Morgan fingerprint density at radius 3 is 2.61 bits per heavy atom. The molecule has 5 rings (SSSR count). The van der Waals surface area contributed by atoms with E-state index < -0.39 is 8.25 Å². The molecule has 0 bridgehead atoms. The monoisotopic (exact) mass is 524 g/mol. The highest BCUT2D eigenvalue weighted by atomic mass is 31.1. The van der Waals surface area contributed by atoms with E-state index in [9.17, 15) is 14.2 Å². The number of nitrogens with zero attached hydrogens (tertiary/aromatic N) is 3. The van der Waals surface area contributed by atoms with Gasteiger partial charge in [0, 0.05) is 10.6 Å². The number of carbonyl (C=O) groups excluding carboxylic acids is 1. The number of fused-ring (bicyclic) bond motifs is 1. The molecule has 198 valence electrons. The molecule has 1 aromatic rings. The van der Waals surface area contributed by atoms with Crippen molar-refractivity contribution < 1.29 is 27.9 Å². The highest BCUT2D eigenvalue weighted by molar-refractivity contribution is 7.33. The maximum Gasteiger partial charge on any atom is 0.700 e. The van der Waals surface area contributed by atoms with Gasteiger partial charge in [-0.05, 0) is 56.8 Å². The zero-order valence-corrected chi connectivity index (χ0v) is 21.3. The molecule has 1 aromatic heterocycles. The van der Waals surface area contributed by atoms with Gasteiger partial charge in [-0.2, -0.15) is 4.98 Å². The van der Waals surface area contributed by atoms with E-state index in [1.54, 1.807) is 0 Å². The number of ether oxygens (including phenoxy) is 2. The molecule has 3 atom stereocenters. The van der Waals surface area contributed by atoms with Gasteiger partial charge >= 0.3 is 8.25 Å². The van der Waals surface area contributed by atoms with Crippen LogP contribution in [0, 0.1) is 11.8 Å². The molecule has 0 radical (unpaired) electrons. The second kappa shape index (κ2) is 11.0. The fourth-order valence-electron chi connectivity index (χ4n) is 5.83. The molecule has 3 N–H and O–H groups in total. The summed E-state index contributed by atoms with van der Waals surface area (Å²) in [6.45, 7) is 2.21. The van der Waals surface area contributed by atoms with Crippen molar-refractivity contribution in [3.8, 4) is 0 Å². The van der Waals surface area contributed by atoms with Crippen LogP contribution < -0.4 is 21.1 Å². The molecule has 36 heavy (non-hydrogen) atoms. The van der Waals surface area contributed by atoms with Gasteiger partial charge in [-0.1, -0.05) is 17.4 Å². The third-order valence-electron chi connectivity index (χ3n) is 7.84. The lowest BCUT2D eigenvalue weighted by atomic mass is 10.1. The average Bonchev–Trinajstić information content (AvgIpc) is 3.23. The van der Waals surface area contributed by atoms with Gasteiger partial charge in [0.1, 0.15) is 12.3 Å². The number of hydrogen-bond donors (Lipinski definition) is 2. The lowest BCUT2D eigenvalue weighted by Crippen LogP contribution is -2.42. The van der Waals surface area contributed by atoms with E-state index in [2.05, 4.69) is 24.5 Å². The molecule has 3 fully saturated rings. The van der Waals surface area contributed by atoms with Gasteiger partial charge < -0.3 is 25.0 Å². The van der Waals surface area contributed by atoms with Gasteiger partial charge in [0.25, 0.3) is 12.0 Å². The molecule has 0 spiro atoms. The van der Waals surface area contributed by atoms with Crippen LogP contribution in [0.3, 0.4) is 0 Å². The van der Waals surface area contributed by atoms with E-state index in [4.69, 9.17) is 19.5 Å². The summed E-state index contributed by atoms with van der Waals surface area (Å²) in [7, 11) is -2.29. The third kappa shape index (κ3) is 5.82. The molecule has 0 amide bonds. The van der Waals surface area contributed by atoms with Crippen LogP contribution in [0.15, 0.2) is 4.79 Å². The summed E-state index contributed by atoms with van der Waals surface area (Å²) in [4.78, 5) is 34.5. The lowest BCUT2D eigenvalue weighted by Gasteiger charge is -2.29. The van der Waals surface area contributed by atoms with Crippen LogP contribution >= 0.6 is 8.25 Å². The lowest BCUT2D eigenvalue weighted by molar-refractivity contribution is -0.134. The number of anilines is 3. The molecule has 12 nitrogen and oxygen atoms in total. The van der Waals surface area contributed by atoms with E-state index in [1.165, 1.54) is 12.8 Å². The summed E-state index contributed by atoms with van der Waals surface area (Å²) < 4.78 is 32.5. The van der Waals surface area contributed by atoms with E-state index in [0.29, 0.717) is 55.8 Å². The summed E-state index contributed by atoms with van der Waals surface area (Å²) in [6.07, 6.45) is 9.50. The van der Waals surface area contributed by atoms with Crippen LogP contribution in [0.2, 0.25) is 0 Å². The predicted molar refractivity (Wildman–Crippen MR) is 132 cm³/mol. The van der Waals surface area contributed by atoms with Crippen molar-refractivity contribution in [3.05, 3.63) is 10.4 Å². The van der Waals surface area contributed by atoms with Crippen LogP contribution in [0.4, 0.5) is 17.5 Å². The summed E-state index contributed by atoms with van der Waals surface area (Å²) in [5.41, 5.74) is 6.16. The van der Waals surface area contributed by atoms with E-state index in [1.807, 2.05) is 0 Å². The first-order valence-electron chi connectivity index (χ1n) is 12.8. The average molecular weight is 525 g/mol. The number of nitrogens with one attached hydrogen (secondary N) is 1. The van der Waals surface area contributed by atoms with E-state index >= 15 is 0 Å². The van der Waals surface area contributed by atoms with Crippen LogP contribution in [0.5, 0.6) is 0 Å². The van der Waals surface area contributed by atoms with Gasteiger partial charge in [0.05, 0.1) is 25.4 Å². The number of aromatic nitrogens is 2. The Hall–Kier alpha value is -2.27. The van der Waals surface area contributed by atoms with Crippen LogP contribution in [0.25, 0.3) is 0 Å². The first kappa shape index (κ1) is 25.4. The van der Waals surface area contributed by atoms with Crippen LogP contribution in [0.1, 0.15) is 57.8 Å². The van der Waals surface area contributed by atoms with Crippen molar-refractivity contribution in [3.63, 3.8) is 0 Å². The predicted octanol–water partition coefficient (Wildman–Crippen LogP) is 2.67. The number of nitrogens with two attached hydrogens (primary N) is 1. The minimum Gasteiger partial charge on any atom is -0.436 e. The van der Waals surface area contributed by atoms with Crippen LogP contribution in [-0.2, 0) is 27.9 Å². The van der Waals surface area contributed by atoms with Crippen molar-refractivity contribution in [2.75, 3.05) is 48.8 Å². The summed E-state index contributed by atoms with van der Waals surface area (Å²) >= 11 is 0. The number of hydrogen-bond acceptors (Lipinski definition) is 11. The Bertz CT molecular complexity index is 1010. The Morgan fingerprint density at radius 1 is 1.14 bits per heavy atom. The van der Waals surface area contributed by atoms with Crippen molar-refractivity contribution in [1.29, 1.82) is 0 Å². The standard InChI is InChI=1S/C23H34N5O7P/c24-22-25-20-19(21(30)26-22)28(18-3-1-2-4-18)13-27(20)12-23(7-8-23)33-10-16-5-6-17(9-16)11-34-36(31)35-15-32-14-29/h14,16-18H,1-13,15H2,(H2-,24,25,26,30)/p+1. The Morgan fingerprint density at radius 2 is 1.89 bits per heavy atom. The second-order valence-corrected chi connectivity index (χ2v) is 11.4. The number of rotatable bonds is 13. The minimum absolute atomic E-state index is 0.144. The number of H-pyrrole nitrogens is 1. The van der Waals surface area contributed by atoms with Gasteiger partial charge in [-0.15, -0.1) is 4.52 Å². The maximum absolute atomic E-state index is 12.8. The fourth-order valence-corrected chi connectivity index (χ4v) is 6.38. The Labute approximate surface area is 210 Å². The Kier molecular flexibility index (Phi) is 7.76. The van der Waals surface area contributed by atoms with Crippen LogP contribution in [-0.4, -0.2) is 61.3 Å². The first-order valence-corrected chi connectivity index (χ1v) is 13.9. The van der Waals surface area contributed by atoms with Gasteiger partial charge in [-0.3, -0.25) is 14.6 Å². The zero-order chi connectivity index (χ0) is 25.1. The Balaban J connectivity index is 1.12. The smallest absolute Gasteiger partial charge is 0.436 e. The number of carbonyl (C=O) groups is 1. The summed E-state index contributed by atoms with van der Waals surface area (Å²) in [5.74, 6) is 1.54. The molecule has 0 aromatic carbocycles. The molecule has 13 heteroatoms. The molecule has 0 saturated heterocycles. The first-order chi connectivity index (χ1) is 17.5.